The lowest BCUT2D eigenvalue weighted by atomic mass is 10.1. The van der Waals surface area contributed by atoms with E-state index in [-0.39, 0.29) is 5.75 Å². The molecule has 0 saturated carbocycles. The normalized spacial score (nSPS) is 10.4. The maximum Gasteiger partial charge on any atom is 0.344 e. The third-order valence-electron chi connectivity index (χ3n) is 2.99. The monoisotopic (exact) mass is 308 g/mol. The third kappa shape index (κ3) is 4.31. The Hall–Kier alpha value is -2.37. The van der Waals surface area contributed by atoms with Crippen LogP contribution in [0.2, 0.25) is 0 Å². The van der Waals surface area contributed by atoms with Crippen molar-refractivity contribution < 1.29 is 17.9 Å². The molecule has 0 N–H and O–H groups in total. The number of nitrogens with zero attached hydrogens (tertiary/aromatic N) is 2. The van der Waals surface area contributed by atoms with Gasteiger partial charge in [0.25, 0.3) is 0 Å². The molecular formula is C16H15F3N2O. The van der Waals surface area contributed by atoms with E-state index in [4.69, 9.17) is 0 Å². The fourth-order valence-electron chi connectivity index (χ4n) is 1.83. The van der Waals surface area contributed by atoms with Crippen LogP contribution >= 0.6 is 0 Å². The lowest BCUT2D eigenvalue weighted by molar-refractivity contribution is 0.241. The molecule has 0 atom stereocenters. The summed E-state index contributed by atoms with van der Waals surface area (Å²) in [4.78, 5) is 8.53. The van der Waals surface area contributed by atoms with Gasteiger partial charge in [-0.15, -0.1) is 0 Å². The smallest absolute Gasteiger partial charge is 0.344 e. The van der Waals surface area contributed by atoms with E-state index in [2.05, 4.69) is 21.6 Å². The number of unbranched alkanes of at least 4 members (excludes halogenated alkanes) is 1. The summed E-state index contributed by atoms with van der Waals surface area (Å²) >= 11 is 0. The highest BCUT2D eigenvalue weighted by molar-refractivity contribution is 5.56. The number of halogens is 3. The first-order chi connectivity index (χ1) is 10.6. The van der Waals surface area contributed by atoms with Crippen LogP contribution in [0.5, 0.6) is 5.75 Å². The fourth-order valence-corrected chi connectivity index (χ4v) is 1.83. The topological polar surface area (TPSA) is 35.0 Å². The van der Waals surface area contributed by atoms with Gasteiger partial charge in [0.2, 0.25) is 0 Å². The summed E-state index contributed by atoms with van der Waals surface area (Å²) in [7, 11) is 0. The van der Waals surface area contributed by atoms with Gasteiger partial charge in [-0.25, -0.2) is 9.97 Å². The van der Waals surface area contributed by atoms with Crippen molar-refractivity contribution in [2.45, 2.75) is 26.2 Å². The maximum absolute atomic E-state index is 12.7. The van der Waals surface area contributed by atoms with Gasteiger partial charge in [-0.1, -0.05) is 13.3 Å². The average Bonchev–Trinajstić information content (AvgIpc) is 2.54. The molecule has 1 aromatic carbocycles. The Morgan fingerprint density at radius 3 is 2.23 bits per heavy atom. The van der Waals surface area contributed by atoms with Crippen molar-refractivity contribution in [3.8, 4) is 17.1 Å². The zero-order chi connectivity index (χ0) is 15.9. The molecule has 0 aliphatic carbocycles. The van der Waals surface area contributed by atoms with E-state index < -0.39 is 12.1 Å². The van der Waals surface area contributed by atoms with Crippen LogP contribution in [0.1, 0.15) is 25.3 Å². The summed E-state index contributed by atoms with van der Waals surface area (Å²) in [6, 6.07) is 4.03. The van der Waals surface area contributed by atoms with Gasteiger partial charge in [-0.3, -0.25) is 0 Å². The van der Waals surface area contributed by atoms with Gasteiger partial charge in [-0.2, -0.15) is 13.2 Å². The lowest BCUT2D eigenvalue weighted by Gasteiger charge is -2.05. The van der Waals surface area contributed by atoms with Gasteiger partial charge >= 0.3 is 12.1 Å². The summed E-state index contributed by atoms with van der Waals surface area (Å²) in [5.41, 5.74) is 1.76. The Bertz CT molecular complexity index is 635. The van der Waals surface area contributed by atoms with E-state index >= 15 is 0 Å². The van der Waals surface area contributed by atoms with Crippen LogP contribution in [0.3, 0.4) is 0 Å². The number of hydrogen-bond acceptors (Lipinski definition) is 3. The number of rotatable bonds is 6. The lowest BCUT2D eigenvalue weighted by Crippen LogP contribution is -1.94. The summed E-state index contributed by atoms with van der Waals surface area (Å²) < 4.78 is 40.9. The molecule has 1 aromatic heterocycles. The second kappa shape index (κ2) is 7.59. The van der Waals surface area contributed by atoms with Gasteiger partial charge < -0.3 is 4.74 Å². The SMILES string of the molecule is CCCCc1cnc(-c2ccc(OC(F)=C(F)F)cc2)nc1. The standard InChI is InChI=1S/C16H15F3N2O/c1-2-3-4-11-9-20-16(21-10-11)12-5-7-13(8-6-12)22-15(19)14(17)18/h5-10H,2-4H2,1H3. The van der Waals surface area contributed by atoms with Crippen LogP contribution < -0.4 is 4.74 Å². The first-order valence-corrected chi connectivity index (χ1v) is 6.90. The van der Waals surface area contributed by atoms with Crippen molar-refractivity contribution in [2.24, 2.45) is 0 Å². The van der Waals surface area contributed by atoms with Gasteiger partial charge in [0.15, 0.2) is 5.82 Å². The van der Waals surface area contributed by atoms with Crippen molar-refractivity contribution in [3.63, 3.8) is 0 Å². The molecule has 0 spiro atoms. The fraction of sp³-hybridized carbons (Fsp3) is 0.250. The Kier molecular flexibility index (Phi) is 5.52. The van der Waals surface area contributed by atoms with Crippen molar-refractivity contribution >= 4 is 0 Å². The van der Waals surface area contributed by atoms with Gasteiger partial charge in [0.1, 0.15) is 5.75 Å². The highest BCUT2D eigenvalue weighted by Crippen LogP contribution is 2.22. The van der Waals surface area contributed by atoms with E-state index in [1.54, 1.807) is 24.5 Å². The number of aromatic nitrogens is 2. The zero-order valence-electron chi connectivity index (χ0n) is 12.0. The molecule has 0 bridgehead atoms. The predicted molar refractivity (Wildman–Crippen MR) is 77.1 cm³/mol. The molecule has 2 rings (SSSR count). The number of hydrogen-bond donors (Lipinski definition) is 0. The van der Waals surface area contributed by atoms with Crippen molar-refractivity contribution in [1.29, 1.82) is 0 Å². The second-order valence-corrected chi connectivity index (χ2v) is 4.68. The van der Waals surface area contributed by atoms with E-state index in [1.807, 2.05) is 0 Å². The van der Waals surface area contributed by atoms with E-state index in [9.17, 15) is 13.2 Å². The van der Waals surface area contributed by atoms with Crippen LogP contribution in [0.25, 0.3) is 11.4 Å². The molecule has 1 heterocycles. The minimum absolute atomic E-state index is 0.0198. The van der Waals surface area contributed by atoms with Crippen LogP contribution in [-0.2, 0) is 6.42 Å². The van der Waals surface area contributed by atoms with Crippen molar-refractivity contribution in [1.82, 2.24) is 9.97 Å². The minimum Gasteiger partial charge on any atom is -0.428 e. The highest BCUT2D eigenvalue weighted by Gasteiger charge is 2.08. The first kappa shape index (κ1) is 16.0. The minimum atomic E-state index is -2.49. The maximum atomic E-state index is 12.7. The molecule has 2 aromatic rings. The molecule has 0 amide bonds. The van der Waals surface area contributed by atoms with Crippen molar-refractivity contribution in [2.75, 3.05) is 0 Å². The summed E-state index contributed by atoms with van der Waals surface area (Å²) in [6.07, 6.45) is 4.17. The van der Waals surface area contributed by atoms with Crippen molar-refractivity contribution in [3.05, 3.63) is 54.3 Å². The molecular weight excluding hydrogens is 293 g/mol. The summed E-state index contributed by atoms with van der Waals surface area (Å²) in [6.45, 7) is 2.12. The molecule has 22 heavy (non-hydrogen) atoms. The average molecular weight is 308 g/mol. The molecule has 6 heteroatoms. The molecule has 0 fully saturated rings. The number of ether oxygens (including phenoxy) is 1. The number of benzene rings is 1. The second-order valence-electron chi connectivity index (χ2n) is 4.68. The number of aryl methyl sites for hydroxylation is 1. The summed E-state index contributed by atoms with van der Waals surface area (Å²) in [5.74, 6) is 0.494. The van der Waals surface area contributed by atoms with Gasteiger partial charge in [0.05, 0.1) is 0 Å². The largest absolute Gasteiger partial charge is 0.428 e. The Balaban J connectivity index is 2.08. The van der Waals surface area contributed by atoms with Crippen LogP contribution in [0.4, 0.5) is 13.2 Å². The zero-order valence-corrected chi connectivity index (χ0v) is 12.0. The molecule has 0 unspecified atom stereocenters. The molecule has 0 saturated heterocycles. The Labute approximate surface area is 126 Å². The van der Waals surface area contributed by atoms with E-state index in [0.29, 0.717) is 11.4 Å². The molecule has 116 valence electrons. The van der Waals surface area contributed by atoms with E-state index in [0.717, 1.165) is 24.8 Å². The van der Waals surface area contributed by atoms with Crippen LogP contribution in [0, 0.1) is 0 Å². The van der Waals surface area contributed by atoms with Gasteiger partial charge in [0, 0.05) is 18.0 Å². The third-order valence-corrected chi connectivity index (χ3v) is 2.99. The van der Waals surface area contributed by atoms with Crippen LogP contribution in [0.15, 0.2) is 48.8 Å². The van der Waals surface area contributed by atoms with Gasteiger partial charge in [-0.05, 0) is 42.7 Å². The molecule has 3 nitrogen and oxygen atoms in total. The first-order valence-electron chi connectivity index (χ1n) is 6.90. The predicted octanol–water partition coefficient (Wildman–Crippen LogP) is 4.90. The molecule has 0 aliphatic rings. The van der Waals surface area contributed by atoms with E-state index in [1.165, 1.54) is 12.1 Å². The Morgan fingerprint density at radius 1 is 1.05 bits per heavy atom. The quantitative estimate of drug-likeness (QED) is 0.712. The summed E-state index contributed by atoms with van der Waals surface area (Å²) in [5, 5.41) is 0. The highest BCUT2D eigenvalue weighted by atomic mass is 19.3. The Morgan fingerprint density at radius 2 is 1.68 bits per heavy atom. The molecule has 0 aliphatic heterocycles. The van der Waals surface area contributed by atoms with Crippen LogP contribution in [-0.4, -0.2) is 9.97 Å². The molecule has 0 radical (unpaired) electrons.